The minimum absolute atomic E-state index is 0.0832. The Labute approximate surface area is 180 Å². The predicted octanol–water partition coefficient (Wildman–Crippen LogP) is 7.55. The highest BCUT2D eigenvalue weighted by molar-refractivity contribution is 5.25. The first-order valence-corrected chi connectivity index (χ1v) is 12.8. The third-order valence-electron chi connectivity index (χ3n) is 10.4. The van der Waals surface area contributed by atoms with E-state index in [1.807, 2.05) is 0 Å². The van der Waals surface area contributed by atoms with Crippen LogP contribution >= 0.6 is 0 Å². The lowest BCUT2D eigenvalue weighted by molar-refractivity contribution is -0.0492. The minimum Gasteiger partial charge on any atom is -0.393 e. The third-order valence-corrected chi connectivity index (χ3v) is 10.4. The first-order valence-electron chi connectivity index (χ1n) is 12.8. The Morgan fingerprint density at radius 3 is 2.62 bits per heavy atom. The molecule has 0 aromatic carbocycles. The van der Waals surface area contributed by atoms with E-state index in [2.05, 4.69) is 52.8 Å². The molecule has 3 saturated carbocycles. The summed E-state index contributed by atoms with van der Waals surface area (Å²) in [4.78, 5) is 0. The van der Waals surface area contributed by atoms with Gasteiger partial charge in [-0.1, -0.05) is 58.4 Å². The van der Waals surface area contributed by atoms with Crippen LogP contribution in [0.5, 0.6) is 0 Å². The molecule has 1 heteroatoms. The van der Waals surface area contributed by atoms with Crippen molar-refractivity contribution in [3.8, 4) is 0 Å². The van der Waals surface area contributed by atoms with Crippen LogP contribution in [-0.2, 0) is 0 Å². The molecule has 5 unspecified atom stereocenters. The molecule has 4 aliphatic carbocycles. The maximum Gasteiger partial charge on any atom is 0.0577 e. The number of hydrogen-bond acceptors (Lipinski definition) is 1. The lowest BCUT2D eigenvalue weighted by atomic mass is 9.47. The van der Waals surface area contributed by atoms with Gasteiger partial charge < -0.3 is 5.11 Å². The summed E-state index contributed by atoms with van der Waals surface area (Å²) in [7, 11) is 0. The van der Waals surface area contributed by atoms with E-state index in [9.17, 15) is 5.11 Å². The van der Waals surface area contributed by atoms with Crippen LogP contribution in [0.15, 0.2) is 23.8 Å². The summed E-state index contributed by atoms with van der Waals surface area (Å²) >= 11 is 0. The van der Waals surface area contributed by atoms with E-state index >= 15 is 0 Å². The van der Waals surface area contributed by atoms with Crippen LogP contribution in [0, 0.1) is 46.3 Å². The summed E-state index contributed by atoms with van der Waals surface area (Å²) in [6.07, 6.45) is 20.4. The van der Waals surface area contributed by atoms with Crippen LogP contribution in [0.2, 0.25) is 0 Å². The monoisotopic (exact) mass is 398 g/mol. The zero-order valence-corrected chi connectivity index (χ0v) is 19.8. The molecule has 0 aromatic rings. The van der Waals surface area contributed by atoms with E-state index in [1.165, 1.54) is 51.4 Å². The third kappa shape index (κ3) is 3.68. The average molecular weight is 399 g/mol. The second-order valence-corrected chi connectivity index (χ2v) is 12.0. The summed E-state index contributed by atoms with van der Waals surface area (Å²) in [6.45, 7) is 12.3. The van der Waals surface area contributed by atoms with Crippen LogP contribution in [0.25, 0.3) is 0 Å². The fourth-order valence-corrected chi connectivity index (χ4v) is 8.39. The number of rotatable bonds is 5. The Balaban J connectivity index is 1.48. The highest BCUT2D eigenvalue weighted by atomic mass is 16.3. The summed E-state index contributed by atoms with van der Waals surface area (Å²) in [5.74, 6) is 5.09. The van der Waals surface area contributed by atoms with Gasteiger partial charge in [0.05, 0.1) is 6.10 Å². The molecule has 0 amide bonds. The Bertz CT molecular complexity index is 645. The molecule has 0 spiro atoms. The molecule has 1 N–H and O–H groups in total. The lowest BCUT2D eigenvalue weighted by Gasteiger charge is -2.58. The van der Waals surface area contributed by atoms with Crippen molar-refractivity contribution in [2.45, 2.75) is 105 Å². The smallest absolute Gasteiger partial charge is 0.0577 e. The predicted molar refractivity (Wildman–Crippen MR) is 124 cm³/mol. The number of aliphatic hydroxyl groups is 1. The quantitative estimate of drug-likeness (QED) is 0.474. The molecule has 0 bridgehead atoms. The molecule has 0 heterocycles. The molecule has 1 nitrogen and oxygen atoms in total. The van der Waals surface area contributed by atoms with E-state index in [4.69, 9.17) is 0 Å². The van der Waals surface area contributed by atoms with Crippen LogP contribution in [-0.4, -0.2) is 11.2 Å². The SMILES string of the molecule is CC[C@H](/C=C/CC1CCC2C3CC=C4C[C@@H](O)CCC4(C)C3CC[C@]12C)C(C)C. The molecular formula is C28H46O. The number of aliphatic hydroxyl groups excluding tert-OH is 1. The number of fused-ring (bicyclic) bond motifs is 5. The maximum atomic E-state index is 10.2. The van der Waals surface area contributed by atoms with Crippen molar-refractivity contribution < 1.29 is 5.11 Å². The van der Waals surface area contributed by atoms with Crippen molar-refractivity contribution in [1.29, 1.82) is 0 Å². The van der Waals surface area contributed by atoms with Crippen LogP contribution in [0.3, 0.4) is 0 Å². The molecule has 0 radical (unpaired) electrons. The van der Waals surface area contributed by atoms with Crippen molar-refractivity contribution >= 4 is 0 Å². The van der Waals surface area contributed by atoms with E-state index in [1.54, 1.807) is 5.57 Å². The van der Waals surface area contributed by atoms with Gasteiger partial charge in [0.1, 0.15) is 0 Å². The summed E-state index contributed by atoms with van der Waals surface area (Å²) in [5, 5.41) is 10.2. The fourth-order valence-electron chi connectivity index (χ4n) is 8.39. The Morgan fingerprint density at radius 1 is 1.10 bits per heavy atom. The average Bonchev–Trinajstić information content (AvgIpc) is 3.02. The molecular weight excluding hydrogens is 352 g/mol. The van der Waals surface area contributed by atoms with Crippen molar-refractivity contribution in [2.75, 3.05) is 0 Å². The standard InChI is InChI=1S/C28H46O/c1-6-20(19(2)3)8-7-9-21-11-13-25-24-12-10-22-18-23(29)14-16-28(22,5)26(24)15-17-27(21,25)4/h7-8,10,19-21,23-26,29H,6,9,11-18H2,1-5H3/b8-7+/t20-,21?,23+,24?,25?,26?,27-,28?/m1/s1. The lowest BCUT2D eigenvalue weighted by Crippen LogP contribution is -2.50. The van der Waals surface area contributed by atoms with E-state index in [0.717, 1.165) is 48.3 Å². The molecule has 4 rings (SSSR count). The van der Waals surface area contributed by atoms with Gasteiger partial charge in [-0.2, -0.15) is 0 Å². The normalized spacial score (nSPS) is 45.6. The van der Waals surface area contributed by atoms with Gasteiger partial charge in [0.25, 0.3) is 0 Å². The van der Waals surface area contributed by atoms with Crippen molar-refractivity contribution in [3.05, 3.63) is 23.8 Å². The van der Waals surface area contributed by atoms with Gasteiger partial charge in [0.2, 0.25) is 0 Å². The summed E-state index contributed by atoms with van der Waals surface area (Å²) in [5.41, 5.74) is 2.55. The first kappa shape index (κ1) is 21.7. The Hall–Kier alpha value is -0.560. The minimum atomic E-state index is -0.0832. The molecule has 3 fully saturated rings. The molecule has 0 saturated heterocycles. The fraction of sp³-hybridized carbons (Fsp3) is 0.857. The van der Waals surface area contributed by atoms with Crippen molar-refractivity contribution in [3.63, 3.8) is 0 Å². The van der Waals surface area contributed by atoms with Crippen molar-refractivity contribution in [1.82, 2.24) is 0 Å². The zero-order valence-electron chi connectivity index (χ0n) is 19.8. The number of allylic oxidation sites excluding steroid dienone is 3. The topological polar surface area (TPSA) is 20.2 Å². The second-order valence-electron chi connectivity index (χ2n) is 12.0. The van der Waals surface area contributed by atoms with Gasteiger partial charge in [-0.3, -0.25) is 0 Å². The van der Waals surface area contributed by atoms with Crippen LogP contribution < -0.4 is 0 Å². The van der Waals surface area contributed by atoms with Crippen LogP contribution in [0.4, 0.5) is 0 Å². The number of hydrogen-bond donors (Lipinski definition) is 1. The Kier molecular flexibility index (Phi) is 6.11. The van der Waals surface area contributed by atoms with Gasteiger partial charge >= 0.3 is 0 Å². The highest BCUT2D eigenvalue weighted by Gasteiger charge is 2.58. The molecule has 4 aliphatic rings. The Morgan fingerprint density at radius 2 is 1.90 bits per heavy atom. The molecule has 8 atom stereocenters. The van der Waals surface area contributed by atoms with Gasteiger partial charge in [-0.25, -0.2) is 0 Å². The highest BCUT2D eigenvalue weighted by Crippen LogP contribution is 2.66. The summed E-state index contributed by atoms with van der Waals surface area (Å²) < 4.78 is 0. The molecule has 0 aliphatic heterocycles. The zero-order chi connectivity index (χ0) is 20.8. The molecule has 164 valence electrons. The van der Waals surface area contributed by atoms with E-state index in [0.29, 0.717) is 10.8 Å². The largest absolute Gasteiger partial charge is 0.393 e. The molecule has 0 aromatic heterocycles. The van der Waals surface area contributed by atoms with Crippen molar-refractivity contribution in [2.24, 2.45) is 46.3 Å². The second kappa shape index (κ2) is 8.18. The maximum absolute atomic E-state index is 10.2. The van der Waals surface area contributed by atoms with Gasteiger partial charge in [0.15, 0.2) is 0 Å². The van der Waals surface area contributed by atoms with Gasteiger partial charge in [0, 0.05) is 0 Å². The van der Waals surface area contributed by atoms with Gasteiger partial charge in [-0.05, 0) is 111 Å². The molecule has 29 heavy (non-hydrogen) atoms. The van der Waals surface area contributed by atoms with E-state index in [-0.39, 0.29) is 6.10 Å². The summed E-state index contributed by atoms with van der Waals surface area (Å²) in [6, 6.07) is 0. The van der Waals surface area contributed by atoms with E-state index < -0.39 is 0 Å². The van der Waals surface area contributed by atoms with Gasteiger partial charge in [-0.15, -0.1) is 0 Å². The van der Waals surface area contributed by atoms with Crippen LogP contribution in [0.1, 0.15) is 98.8 Å². The first-order chi connectivity index (χ1) is 13.8.